The Morgan fingerprint density at radius 1 is 1.09 bits per heavy atom. The minimum absolute atomic E-state index is 0.110. The van der Waals surface area contributed by atoms with Crippen molar-refractivity contribution in [1.82, 2.24) is 4.98 Å². The number of aromatic amines is 1. The second kappa shape index (κ2) is 7.65. The molecule has 4 aromatic rings. The largest absolute Gasteiger partial charge is 0.486 e. The van der Waals surface area contributed by atoms with Crippen molar-refractivity contribution in [3.8, 4) is 17.2 Å². The number of ether oxygens (including phenoxy) is 4. The van der Waals surface area contributed by atoms with E-state index in [4.69, 9.17) is 23.4 Å². The molecule has 0 amide bonds. The summed E-state index contributed by atoms with van der Waals surface area (Å²) in [5, 5.41) is 1.19. The van der Waals surface area contributed by atoms with Crippen LogP contribution in [0.2, 0.25) is 0 Å². The van der Waals surface area contributed by atoms with Crippen LogP contribution in [-0.4, -0.2) is 36.9 Å². The van der Waals surface area contributed by atoms with Gasteiger partial charge in [0.05, 0.1) is 29.0 Å². The first kappa shape index (κ1) is 20.3. The van der Waals surface area contributed by atoms with E-state index >= 15 is 0 Å². The number of carbonyl (C=O) groups excluding carboxylic acids is 1. The van der Waals surface area contributed by atoms with E-state index in [1.54, 1.807) is 49.4 Å². The van der Waals surface area contributed by atoms with Gasteiger partial charge in [-0.05, 0) is 31.2 Å². The summed E-state index contributed by atoms with van der Waals surface area (Å²) in [5.41, 5.74) is 0.0171. The molecule has 9 heteroatoms. The van der Waals surface area contributed by atoms with Crippen LogP contribution in [0.15, 0.2) is 56.5 Å². The van der Waals surface area contributed by atoms with E-state index in [9.17, 15) is 14.4 Å². The predicted octanol–water partition coefficient (Wildman–Crippen LogP) is 2.86. The van der Waals surface area contributed by atoms with Crippen LogP contribution in [0.3, 0.4) is 0 Å². The van der Waals surface area contributed by atoms with E-state index < -0.39 is 29.2 Å². The van der Waals surface area contributed by atoms with Gasteiger partial charge in [0, 0.05) is 17.0 Å². The molecule has 0 bridgehead atoms. The fourth-order valence-corrected chi connectivity index (χ4v) is 4.60. The summed E-state index contributed by atoms with van der Waals surface area (Å²) in [6, 6.07) is 12.0. The first-order chi connectivity index (χ1) is 16.5. The number of benzene rings is 2. The molecule has 1 N–H and O–H groups in total. The molecule has 6 rings (SSSR count). The highest BCUT2D eigenvalue weighted by molar-refractivity contribution is 5.89. The van der Waals surface area contributed by atoms with E-state index in [-0.39, 0.29) is 23.5 Å². The Morgan fingerprint density at radius 2 is 1.85 bits per heavy atom. The molecule has 0 fully saturated rings. The highest BCUT2D eigenvalue weighted by Crippen LogP contribution is 2.44. The van der Waals surface area contributed by atoms with Gasteiger partial charge in [-0.25, -0.2) is 9.59 Å². The van der Waals surface area contributed by atoms with E-state index in [2.05, 4.69) is 4.98 Å². The molecule has 4 heterocycles. The third-order valence-electron chi connectivity index (χ3n) is 6.05. The molecule has 0 spiro atoms. The van der Waals surface area contributed by atoms with Crippen LogP contribution < -0.4 is 25.4 Å². The normalized spacial score (nSPS) is 18.5. The van der Waals surface area contributed by atoms with Gasteiger partial charge in [0.1, 0.15) is 24.5 Å². The predicted molar refractivity (Wildman–Crippen MR) is 121 cm³/mol. The molecule has 34 heavy (non-hydrogen) atoms. The molecule has 2 aromatic heterocycles. The van der Waals surface area contributed by atoms with Crippen molar-refractivity contribution in [2.75, 3.05) is 19.8 Å². The quantitative estimate of drug-likeness (QED) is 0.366. The molecular formula is C25H19NO8. The van der Waals surface area contributed by atoms with Crippen molar-refractivity contribution >= 4 is 27.8 Å². The fourth-order valence-electron chi connectivity index (χ4n) is 4.60. The summed E-state index contributed by atoms with van der Waals surface area (Å²) in [7, 11) is 0. The third kappa shape index (κ3) is 3.04. The van der Waals surface area contributed by atoms with Gasteiger partial charge in [0.15, 0.2) is 11.5 Å². The molecular weight excluding hydrogens is 442 g/mol. The summed E-state index contributed by atoms with van der Waals surface area (Å²) in [5.74, 6) is -0.387. The highest BCUT2D eigenvalue weighted by atomic mass is 16.6. The summed E-state index contributed by atoms with van der Waals surface area (Å²) in [6.07, 6.45) is -1.22. The maximum Gasteiger partial charge on any atom is 0.348 e. The number of aromatic nitrogens is 1. The number of nitrogens with one attached hydrogen (secondary N) is 1. The van der Waals surface area contributed by atoms with Crippen molar-refractivity contribution in [3.63, 3.8) is 0 Å². The molecule has 0 saturated carbocycles. The summed E-state index contributed by atoms with van der Waals surface area (Å²) in [4.78, 5) is 42.0. The van der Waals surface area contributed by atoms with Gasteiger partial charge >= 0.3 is 11.6 Å². The van der Waals surface area contributed by atoms with Crippen LogP contribution in [0.4, 0.5) is 0 Å². The number of esters is 1. The topological polar surface area (TPSA) is 117 Å². The second-order valence-electron chi connectivity index (χ2n) is 8.03. The number of para-hydroxylation sites is 1. The van der Waals surface area contributed by atoms with Crippen LogP contribution in [0.5, 0.6) is 17.2 Å². The van der Waals surface area contributed by atoms with Gasteiger partial charge in [0.2, 0.25) is 6.10 Å². The van der Waals surface area contributed by atoms with E-state index in [1.165, 1.54) is 0 Å². The number of hydrogen-bond acceptors (Lipinski definition) is 8. The Hall–Kier alpha value is -4.27. The lowest BCUT2D eigenvalue weighted by atomic mass is 9.88. The van der Waals surface area contributed by atoms with Crippen molar-refractivity contribution in [2.24, 2.45) is 0 Å². The molecule has 172 valence electrons. The number of hydrogen-bond donors (Lipinski definition) is 1. The zero-order valence-corrected chi connectivity index (χ0v) is 18.1. The van der Waals surface area contributed by atoms with Gasteiger partial charge < -0.3 is 28.3 Å². The maximum atomic E-state index is 13.2. The SMILES string of the molecule is CCOC(=O)[C@@H]1Oc2c(c(=O)oc3ccccc23)[C@@H]1c1cc2cc3c(cc2[nH]c1=O)OCCO3. The van der Waals surface area contributed by atoms with Crippen LogP contribution in [0.25, 0.3) is 21.9 Å². The lowest BCUT2D eigenvalue weighted by molar-refractivity contribution is -0.151. The minimum Gasteiger partial charge on any atom is -0.486 e. The highest BCUT2D eigenvalue weighted by Gasteiger charge is 2.46. The maximum absolute atomic E-state index is 13.2. The molecule has 2 atom stereocenters. The van der Waals surface area contributed by atoms with Gasteiger partial charge in [-0.15, -0.1) is 0 Å². The monoisotopic (exact) mass is 461 g/mol. The Labute approximate surface area is 191 Å². The van der Waals surface area contributed by atoms with Crippen molar-refractivity contribution in [1.29, 1.82) is 0 Å². The molecule has 0 radical (unpaired) electrons. The van der Waals surface area contributed by atoms with Gasteiger partial charge in [-0.1, -0.05) is 12.1 Å². The second-order valence-corrected chi connectivity index (χ2v) is 8.03. The van der Waals surface area contributed by atoms with Gasteiger partial charge in [0.25, 0.3) is 5.56 Å². The number of rotatable bonds is 3. The van der Waals surface area contributed by atoms with Gasteiger partial charge in [-0.2, -0.15) is 0 Å². The first-order valence-corrected chi connectivity index (χ1v) is 10.9. The number of carbonyl (C=O) groups is 1. The Balaban J connectivity index is 1.59. The minimum atomic E-state index is -1.22. The molecule has 9 nitrogen and oxygen atoms in total. The Bertz CT molecular complexity index is 1580. The van der Waals surface area contributed by atoms with Gasteiger partial charge in [-0.3, -0.25) is 4.79 Å². The average molecular weight is 461 g/mol. The smallest absolute Gasteiger partial charge is 0.348 e. The number of pyridine rings is 1. The molecule has 0 saturated heterocycles. The molecule has 2 aliphatic heterocycles. The van der Waals surface area contributed by atoms with Crippen LogP contribution in [0, 0.1) is 0 Å². The van der Waals surface area contributed by atoms with Crippen molar-refractivity contribution < 1.29 is 28.2 Å². The third-order valence-corrected chi connectivity index (χ3v) is 6.05. The molecule has 0 unspecified atom stereocenters. The molecule has 2 aromatic carbocycles. The van der Waals surface area contributed by atoms with Crippen LogP contribution in [-0.2, 0) is 9.53 Å². The zero-order chi connectivity index (χ0) is 23.4. The lowest BCUT2D eigenvalue weighted by Crippen LogP contribution is -2.35. The fraction of sp³-hybridized carbons (Fsp3) is 0.240. The van der Waals surface area contributed by atoms with E-state index in [1.807, 2.05) is 0 Å². The molecule has 0 aliphatic carbocycles. The van der Waals surface area contributed by atoms with E-state index in [0.29, 0.717) is 46.6 Å². The summed E-state index contributed by atoms with van der Waals surface area (Å²) >= 11 is 0. The Morgan fingerprint density at radius 3 is 2.65 bits per heavy atom. The van der Waals surface area contributed by atoms with Crippen LogP contribution >= 0.6 is 0 Å². The van der Waals surface area contributed by atoms with Crippen molar-refractivity contribution in [3.05, 3.63) is 74.4 Å². The summed E-state index contributed by atoms with van der Waals surface area (Å²) in [6.45, 7) is 2.63. The number of fused-ring (bicyclic) bond motifs is 5. The zero-order valence-electron chi connectivity index (χ0n) is 18.1. The van der Waals surface area contributed by atoms with Crippen molar-refractivity contribution in [2.45, 2.75) is 18.9 Å². The molecule has 2 aliphatic rings. The van der Waals surface area contributed by atoms with E-state index in [0.717, 1.165) is 0 Å². The standard InChI is InChI=1S/C25H19NO8/c1-2-30-25(29)22-19(20-21(34-22)13-5-3-4-6-16(13)33-24(20)28)14-9-12-10-17-18(32-8-7-31-17)11-15(12)26-23(14)27/h3-6,9-11,19,22H,2,7-8H2,1H3,(H,26,27)/t19-,22+/m0/s1. The van der Waals surface area contributed by atoms with Crippen LogP contribution in [0.1, 0.15) is 24.0 Å². The summed E-state index contributed by atoms with van der Waals surface area (Å²) < 4.78 is 28.0. The lowest BCUT2D eigenvalue weighted by Gasteiger charge is -2.20. The first-order valence-electron chi connectivity index (χ1n) is 10.9. The number of H-pyrrole nitrogens is 1. The Kier molecular flexibility index (Phi) is 4.58. The average Bonchev–Trinajstić information content (AvgIpc) is 3.24.